The van der Waals surface area contributed by atoms with Gasteiger partial charge in [0.2, 0.25) is 0 Å². The minimum absolute atomic E-state index is 0.183. The van der Waals surface area contributed by atoms with E-state index in [1.54, 1.807) is 0 Å². The molecule has 0 spiro atoms. The molecule has 4 heteroatoms. The van der Waals surface area contributed by atoms with Crippen LogP contribution in [0.25, 0.3) is 0 Å². The highest BCUT2D eigenvalue weighted by Gasteiger charge is 2.09. The second-order valence-electron chi connectivity index (χ2n) is 4.48. The molecule has 0 saturated carbocycles. The van der Waals surface area contributed by atoms with Crippen molar-refractivity contribution in [3.05, 3.63) is 23.7 Å². The van der Waals surface area contributed by atoms with Gasteiger partial charge in [-0.25, -0.2) is 0 Å². The largest absolute Gasteiger partial charge is 0.464 e. The molecule has 1 heterocycles. The van der Waals surface area contributed by atoms with Crippen LogP contribution < -0.4 is 5.32 Å². The zero-order valence-corrected chi connectivity index (χ0v) is 11.3. The number of rotatable bonds is 6. The van der Waals surface area contributed by atoms with Gasteiger partial charge in [-0.15, -0.1) is 0 Å². The highest BCUT2D eigenvalue weighted by molar-refractivity contribution is 7.84. The van der Waals surface area contributed by atoms with Crippen LogP contribution in [0.2, 0.25) is 0 Å². The summed E-state index contributed by atoms with van der Waals surface area (Å²) in [6, 6.07) is 4.30. The van der Waals surface area contributed by atoms with E-state index in [-0.39, 0.29) is 5.25 Å². The Morgan fingerprint density at radius 2 is 1.88 bits per heavy atom. The molecular formula is C12H21NO2S. The van der Waals surface area contributed by atoms with E-state index in [0.717, 1.165) is 18.1 Å². The molecule has 0 amide bonds. The van der Waals surface area contributed by atoms with E-state index in [0.29, 0.717) is 11.8 Å². The van der Waals surface area contributed by atoms with Gasteiger partial charge in [0.05, 0.1) is 12.3 Å². The van der Waals surface area contributed by atoms with E-state index in [4.69, 9.17) is 4.42 Å². The Hall–Kier alpha value is -0.610. The van der Waals surface area contributed by atoms with Gasteiger partial charge in [0, 0.05) is 22.1 Å². The predicted molar refractivity (Wildman–Crippen MR) is 67.7 cm³/mol. The van der Waals surface area contributed by atoms with Gasteiger partial charge in [-0.1, -0.05) is 27.7 Å². The normalized spacial score (nSPS) is 13.6. The van der Waals surface area contributed by atoms with Crippen molar-refractivity contribution in [2.24, 2.45) is 0 Å². The molecule has 1 N–H and O–H groups in total. The third-order valence-corrected chi connectivity index (χ3v) is 3.83. The fraction of sp³-hybridized carbons (Fsp3) is 0.667. The average molecular weight is 243 g/mol. The van der Waals surface area contributed by atoms with Gasteiger partial charge in [-0.3, -0.25) is 4.21 Å². The van der Waals surface area contributed by atoms with Crippen LogP contribution >= 0.6 is 0 Å². The summed E-state index contributed by atoms with van der Waals surface area (Å²) in [4.78, 5) is 0. The first-order valence-electron chi connectivity index (χ1n) is 5.67. The van der Waals surface area contributed by atoms with E-state index >= 15 is 0 Å². The van der Waals surface area contributed by atoms with E-state index in [1.807, 2.05) is 26.0 Å². The van der Waals surface area contributed by atoms with E-state index in [2.05, 4.69) is 19.2 Å². The molecule has 1 unspecified atom stereocenters. The van der Waals surface area contributed by atoms with Gasteiger partial charge >= 0.3 is 0 Å². The monoisotopic (exact) mass is 243 g/mol. The number of hydrogen-bond donors (Lipinski definition) is 1. The number of nitrogens with one attached hydrogen (secondary N) is 1. The predicted octanol–water partition coefficient (Wildman–Crippen LogP) is 2.43. The summed E-state index contributed by atoms with van der Waals surface area (Å²) in [6.07, 6.45) is 0. The first kappa shape index (κ1) is 13.5. The van der Waals surface area contributed by atoms with Crippen molar-refractivity contribution in [2.45, 2.75) is 51.3 Å². The molecule has 16 heavy (non-hydrogen) atoms. The van der Waals surface area contributed by atoms with E-state index in [9.17, 15) is 4.21 Å². The van der Waals surface area contributed by atoms with Gasteiger partial charge in [0.1, 0.15) is 11.5 Å². The summed E-state index contributed by atoms with van der Waals surface area (Å²) < 4.78 is 17.2. The number of hydrogen-bond acceptors (Lipinski definition) is 3. The van der Waals surface area contributed by atoms with Crippen molar-refractivity contribution < 1.29 is 8.63 Å². The minimum atomic E-state index is -0.836. The van der Waals surface area contributed by atoms with Gasteiger partial charge in [-0.05, 0) is 12.1 Å². The molecule has 0 bridgehead atoms. The van der Waals surface area contributed by atoms with Gasteiger partial charge < -0.3 is 9.73 Å². The van der Waals surface area contributed by atoms with Crippen LogP contribution in [0.1, 0.15) is 39.2 Å². The van der Waals surface area contributed by atoms with Crippen LogP contribution in [0.3, 0.4) is 0 Å². The molecule has 3 nitrogen and oxygen atoms in total. The van der Waals surface area contributed by atoms with E-state index in [1.165, 1.54) is 0 Å². The van der Waals surface area contributed by atoms with Crippen LogP contribution in [-0.2, 0) is 23.1 Å². The lowest BCUT2D eigenvalue weighted by Gasteiger charge is -2.05. The Morgan fingerprint density at radius 1 is 1.25 bits per heavy atom. The molecule has 0 fully saturated rings. The van der Waals surface area contributed by atoms with Crippen LogP contribution in [0.4, 0.5) is 0 Å². The molecule has 0 radical (unpaired) electrons. The molecule has 1 aromatic heterocycles. The lowest BCUT2D eigenvalue weighted by atomic mass is 10.3. The second-order valence-corrected chi connectivity index (χ2v) is 6.47. The Kier molecular flexibility index (Phi) is 5.22. The van der Waals surface area contributed by atoms with Crippen molar-refractivity contribution in [3.63, 3.8) is 0 Å². The second kappa shape index (κ2) is 6.21. The SMILES string of the molecule is CC(C)NCc1ccc(CS(=O)C(C)C)o1. The molecular weight excluding hydrogens is 222 g/mol. The lowest BCUT2D eigenvalue weighted by molar-refractivity contribution is 0.444. The highest BCUT2D eigenvalue weighted by atomic mass is 32.2. The maximum Gasteiger partial charge on any atom is 0.118 e. The fourth-order valence-corrected chi connectivity index (χ4v) is 1.98. The molecule has 0 aliphatic carbocycles. The van der Waals surface area contributed by atoms with Crippen LogP contribution in [0.5, 0.6) is 0 Å². The maximum atomic E-state index is 11.6. The highest BCUT2D eigenvalue weighted by Crippen LogP contribution is 2.12. The zero-order valence-electron chi connectivity index (χ0n) is 10.4. The Morgan fingerprint density at radius 3 is 2.44 bits per heavy atom. The fourth-order valence-electron chi connectivity index (χ4n) is 1.21. The Labute approximate surface area is 100 Å². The van der Waals surface area contributed by atoms with Gasteiger partial charge in [0.15, 0.2) is 0 Å². The smallest absolute Gasteiger partial charge is 0.118 e. The van der Waals surface area contributed by atoms with Gasteiger partial charge in [0.25, 0.3) is 0 Å². The maximum absolute atomic E-state index is 11.6. The van der Waals surface area contributed by atoms with E-state index < -0.39 is 10.8 Å². The molecule has 0 aromatic carbocycles. The molecule has 0 aliphatic rings. The Bertz CT molecular complexity index is 345. The lowest BCUT2D eigenvalue weighted by Crippen LogP contribution is -2.21. The van der Waals surface area contributed by atoms with Crippen LogP contribution in [0.15, 0.2) is 16.5 Å². The summed E-state index contributed by atoms with van der Waals surface area (Å²) >= 11 is 0. The van der Waals surface area contributed by atoms with Gasteiger partial charge in [-0.2, -0.15) is 0 Å². The third kappa shape index (κ3) is 4.49. The minimum Gasteiger partial charge on any atom is -0.464 e. The molecule has 1 atom stereocenters. The molecule has 1 rings (SSSR count). The van der Waals surface area contributed by atoms with Crippen molar-refractivity contribution in [1.82, 2.24) is 5.32 Å². The molecule has 1 aromatic rings. The topological polar surface area (TPSA) is 42.2 Å². The molecule has 0 saturated heterocycles. The van der Waals surface area contributed by atoms with Crippen LogP contribution in [-0.4, -0.2) is 15.5 Å². The van der Waals surface area contributed by atoms with Crippen molar-refractivity contribution >= 4 is 10.8 Å². The third-order valence-electron chi connectivity index (χ3n) is 2.21. The van der Waals surface area contributed by atoms with Crippen molar-refractivity contribution in [1.29, 1.82) is 0 Å². The van der Waals surface area contributed by atoms with Crippen molar-refractivity contribution in [2.75, 3.05) is 0 Å². The summed E-state index contributed by atoms with van der Waals surface area (Å²) in [5.41, 5.74) is 0. The molecule has 0 aliphatic heterocycles. The summed E-state index contributed by atoms with van der Waals surface area (Å²) in [6.45, 7) is 8.84. The number of furan rings is 1. The van der Waals surface area contributed by atoms with Crippen molar-refractivity contribution in [3.8, 4) is 0 Å². The Balaban J connectivity index is 2.48. The first-order chi connectivity index (χ1) is 7.49. The summed E-state index contributed by atoms with van der Waals surface area (Å²) in [5.74, 6) is 2.23. The van der Waals surface area contributed by atoms with Crippen LogP contribution in [0, 0.1) is 0 Å². The first-order valence-corrected chi connectivity index (χ1v) is 7.05. The summed E-state index contributed by atoms with van der Waals surface area (Å²) in [5, 5.41) is 3.46. The average Bonchev–Trinajstić information content (AvgIpc) is 2.62. The molecule has 92 valence electrons. The standard InChI is InChI=1S/C12H21NO2S/c1-9(2)13-7-11-5-6-12(15-11)8-16(14)10(3)4/h5-6,9-10,13H,7-8H2,1-4H3. The zero-order chi connectivity index (χ0) is 12.1. The quantitative estimate of drug-likeness (QED) is 0.834. The summed E-state index contributed by atoms with van der Waals surface area (Å²) in [7, 11) is -0.836.